The van der Waals surface area contributed by atoms with Gasteiger partial charge in [0, 0.05) is 6.07 Å². The number of nitrogens with two attached hydrogens (primary N) is 1. The van der Waals surface area contributed by atoms with E-state index in [4.69, 9.17) is 0 Å². The maximum atomic E-state index is 13.3. The molecule has 0 radical (unpaired) electrons. The van der Waals surface area contributed by atoms with Crippen LogP contribution in [0.25, 0.3) is 0 Å². The van der Waals surface area contributed by atoms with Crippen molar-refractivity contribution in [3.8, 4) is 0 Å². The van der Waals surface area contributed by atoms with Gasteiger partial charge in [-0.25, -0.2) is 4.39 Å². The van der Waals surface area contributed by atoms with E-state index in [0.717, 1.165) is 0 Å². The molecule has 0 aliphatic carbocycles. The van der Waals surface area contributed by atoms with Gasteiger partial charge in [0.25, 0.3) is 0 Å². The van der Waals surface area contributed by atoms with Gasteiger partial charge in [-0.15, -0.1) is 0 Å². The Labute approximate surface area is 91.0 Å². The lowest BCUT2D eigenvalue weighted by Crippen LogP contribution is -2.30. The summed E-state index contributed by atoms with van der Waals surface area (Å²) in [6, 6.07) is -2.17. The molecule has 2 N–H and O–H groups in total. The molecule has 1 aromatic carbocycles. The molecule has 0 saturated carbocycles. The minimum atomic E-state index is -5.10. The van der Waals surface area contributed by atoms with Crippen LogP contribution in [0.1, 0.15) is 11.6 Å². The first-order valence-corrected chi connectivity index (χ1v) is 4.11. The molecule has 1 rings (SSSR count). The topological polar surface area (TPSA) is 69.2 Å². The van der Waals surface area contributed by atoms with Gasteiger partial charge in [-0.3, -0.25) is 10.1 Å². The van der Waals surface area contributed by atoms with Gasteiger partial charge in [0.05, 0.1) is 10.5 Å². The predicted molar refractivity (Wildman–Crippen MR) is 46.0 cm³/mol. The third-order valence-corrected chi connectivity index (χ3v) is 1.97. The normalized spacial score (nSPS) is 13.5. The molecule has 1 aromatic rings. The van der Waals surface area contributed by atoms with Gasteiger partial charge >= 0.3 is 11.9 Å². The minimum absolute atomic E-state index is 0.363. The van der Waals surface area contributed by atoms with Gasteiger partial charge < -0.3 is 5.73 Å². The van der Waals surface area contributed by atoms with Crippen molar-refractivity contribution in [1.82, 2.24) is 0 Å². The zero-order valence-corrected chi connectivity index (χ0v) is 7.96. The van der Waals surface area contributed by atoms with Crippen molar-refractivity contribution < 1.29 is 26.9 Å². The van der Waals surface area contributed by atoms with Gasteiger partial charge in [-0.2, -0.15) is 17.6 Å². The third kappa shape index (κ3) is 2.49. The van der Waals surface area contributed by atoms with Crippen molar-refractivity contribution in [1.29, 1.82) is 0 Å². The number of hydrogen-bond acceptors (Lipinski definition) is 3. The van der Waals surface area contributed by atoms with Crippen LogP contribution >= 0.6 is 0 Å². The van der Waals surface area contributed by atoms with Crippen molar-refractivity contribution in [2.45, 2.75) is 12.2 Å². The highest BCUT2D eigenvalue weighted by Gasteiger charge is 2.42. The smallest absolute Gasteiger partial charge is 0.316 e. The lowest BCUT2D eigenvalue weighted by atomic mass is 10.0. The largest absolute Gasteiger partial charge is 0.407 e. The fourth-order valence-electron chi connectivity index (χ4n) is 1.15. The molecule has 1 atom stereocenters. The first kappa shape index (κ1) is 13.3. The van der Waals surface area contributed by atoms with Crippen molar-refractivity contribution in [2.75, 3.05) is 0 Å². The van der Waals surface area contributed by atoms with Crippen LogP contribution in [-0.4, -0.2) is 11.1 Å². The Morgan fingerprint density at radius 1 is 1.29 bits per heavy atom. The van der Waals surface area contributed by atoms with Crippen LogP contribution < -0.4 is 5.73 Å². The highest BCUT2D eigenvalue weighted by molar-refractivity contribution is 5.39. The molecule has 0 amide bonds. The molecule has 0 heterocycles. The Morgan fingerprint density at radius 2 is 1.82 bits per heavy atom. The number of hydrogen-bond donors (Lipinski definition) is 1. The fourth-order valence-corrected chi connectivity index (χ4v) is 1.15. The molecular weight excluding hydrogens is 251 g/mol. The van der Waals surface area contributed by atoms with Crippen LogP contribution in [0.5, 0.6) is 0 Å². The number of alkyl halides is 3. The Hall–Kier alpha value is -1.77. The van der Waals surface area contributed by atoms with Crippen molar-refractivity contribution in [3.05, 3.63) is 39.4 Å². The Kier molecular flexibility index (Phi) is 3.32. The molecule has 17 heavy (non-hydrogen) atoms. The van der Waals surface area contributed by atoms with Crippen LogP contribution in [0.4, 0.5) is 27.6 Å². The quantitative estimate of drug-likeness (QED) is 0.502. The highest BCUT2D eigenvalue weighted by Crippen LogP contribution is 2.35. The summed E-state index contributed by atoms with van der Waals surface area (Å²) in [5, 5.41) is 10.3. The molecule has 1 unspecified atom stereocenters. The van der Waals surface area contributed by atoms with E-state index in [-0.39, 0.29) is 0 Å². The molecule has 0 fully saturated rings. The first-order valence-electron chi connectivity index (χ1n) is 4.11. The van der Waals surface area contributed by atoms with E-state index in [1.165, 1.54) is 0 Å². The molecule has 94 valence electrons. The van der Waals surface area contributed by atoms with Crippen molar-refractivity contribution >= 4 is 5.69 Å². The second-order valence-corrected chi connectivity index (χ2v) is 3.07. The van der Waals surface area contributed by atoms with Crippen LogP contribution in [0.2, 0.25) is 0 Å². The molecule has 0 saturated heterocycles. The van der Waals surface area contributed by atoms with E-state index < -0.39 is 40.0 Å². The maximum absolute atomic E-state index is 13.3. The summed E-state index contributed by atoms with van der Waals surface area (Å²) in [7, 11) is 0. The lowest BCUT2D eigenvalue weighted by Gasteiger charge is -2.16. The number of nitro groups is 1. The summed E-state index contributed by atoms with van der Waals surface area (Å²) in [4.78, 5) is 9.02. The highest BCUT2D eigenvalue weighted by atomic mass is 19.4. The second-order valence-electron chi connectivity index (χ2n) is 3.07. The monoisotopic (exact) mass is 256 g/mol. The Balaban J connectivity index is 3.42. The van der Waals surface area contributed by atoms with Crippen molar-refractivity contribution in [2.24, 2.45) is 5.73 Å². The Bertz CT molecular complexity index is 460. The van der Waals surface area contributed by atoms with Gasteiger partial charge in [-0.05, 0) is 6.07 Å². The van der Waals surface area contributed by atoms with Crippen LogP contribution in [0, 0.1) is 21.7 Å². The van der Waals surface area contributed by atoms with Crippen LogP contribution in [-0.2, 0) is 0 Å². The van der Waals surface area contributed by atoms with Crippen LogP contribution in [0.3, 0.4) is 0 Å². The number of halogens is 5. The molecule has 4 nitrogen and oxygen atoms in total. The van der Waals surface area contributed by atoms with E-state index >= 15 is 0 Å². The molecule has 0 bridgehead atoms. The van der Waals surface area contributed by atoms with E-state index in [1.54, 1.807) is 0 Å². The Morgan fingerprint density at radius 3 is 2.24 bits per heavy atom. The maximum Gasteiger partial charge on any atom is 0.407 e. The van der Waals surface area contributed by atoms with Crippen molar-refractivity contribution in [3.63, 3.8) is 0 Å². The molecular formula is C8H5F5N2O2. The number of rotatable bonds is 2. The number of benzene rings is 1. The van der Waals surface area contributed by atoms with Gasteiger partial charge in [0.15, 0.2) is 0 Å². The van der Waals surface area contributed by atoms with Crippen LogP contribution in [0.15, 0.2) is 12.1 Å². The lowest BCUT2D eigenvalue weighted by molar-refractivity contribution is -0.387. The summed E-state index contributed by atoms with van der Waals surface area (Å²) in [6.07, 6.45) is -5.10. The summed E-state index contributed by atoms with van der Waals surface area (Å²) >= 11 is 0. The standard InChI is InChI=1S/C8H5F5N2O2/c9-3-1-2-4(15(16)17)6(10)5(3)7(14)8(11,12)13/h1-2,7H,14H2. The fraction of sp³-hybridized carbons (Fsp3) is 0.250. The molecule has 0 aromatic heterocycles. The summed E-state index contributed by atoms with van der Waals surface area (Å²) in [5.74, 6) is -3.50. The number of nitro benzene ring substituents is 1. The van der Waals surface area contributed by atoms with Gasteiger partial charge in [0.1, 0.15) is 11.9 Å². The second kappa shape index (κ2) is 4.24. The molecule has 0 spiro atoms. The van der Waals surface area contributed by atoms with E-state index in [1.807, 2.05) is 0 Å². The molecule has 9 heteroatoms. The van der Waals surface area contributed by atoms with E-state index in [0.29, 0.717) is 12.1 Å². The summed E-state index contributed by atoms with van der Waals surface area (Å²) in [6.45, 7) is 0. The average molecular weight is 256 g/mol. The zero-order chi connectivity index (χ0) is 13.4. The SMILES string of the molecule is NC(c1c(F)ccc([N+](=O)[O-])c1F)C(F)(F)F. The summed E-state index contributed by atoms with van der Waals surface area (Å²) < 4.78 is 62.9. The molecule has 0 aliphatic heterocycles. The first-order chi connectivity index (χ1) is 7.66. The average Bonchev–Trinajstić information content (AvgIpc) is 2.15. The molecule has 0 aliphatic rings. The van der Waals surface area contributed by atoms with Gasteiger partial charge in [-0.1, -0.05) is 0 Å². The number of nitrogens with zero attached hydrogens (tertiary/aromatic N) is 1. The summed E-state index contributed by atoms with van der Waals surface area (Å²) in [5.41, 5.74) is 1.79. The minimum Gasteiger partial charge on any atom is -0.316 e. The van der Waals surface area contributed by atoms with Gasteiger partial charge in [0.2, 0.25) is 5.82 Å². The van der Waals surface area contributed by atoms with E-state index in [2.05, 4.69) is 5.73 Å². The third-order valence-electron chi connectivity index (χ3n) is 1.97. The van der Waals surface area contributed by atoms with E-state index in [9.17, 15) is 32.1 Å². The zero-order valence-electron chi connectivity index (χ0n) is 7.96. The predicted octanol–water partition coefficient (Wildman–Crippen LogP) is 2.44.